The lowest BCUT2D eigenvalue weighted by molar-refractivity contribution is -0.152. The van der Waals surface area contributed by atoms with Gasteiger partial charge in [-0.2, -0.15) is 0 Å². The molecular weight excluding hydrogens is 300 g/mol. The van der Waals surface area contributed by atoms with Crippen molar-refractivity contribution in [1.29, 1.82) is 0 Å². The lowest BCUT2D eigenvalue weighted by atomic mass is 9.75. The second-order valence-electron chi connectivity index (χ2n) is 6.38. The number of carbonyl (C=O) groups is 1. The summed E-state index contributed by atoms with van der Waals surface area (Å²) in [5, 5.41) is 0.446. The van der Waals surface area contributed by atoms with Crippen molar-refractivity contribution in [3.8, 4) is 0 Å². The number of esters is 1. The zero-order valence-corrected chi connectivity index (χ0v) is 14.2. The molecule has 2 rings (SSSR count). The fourth-order valence-corrected chi connectivity index (χ4v) is 3.64. The molecule has 1 saturated carbocycles. The summed E-state index contributed by atoms with van der Waals surface area (Å²) in [7, 11) is 0. The summed E-state index contributed by atoms with van der Waals surface area (Å²) in [4.78, 5) is 29.9. The molecule has 5 nitrogen and oxygen atoms in total. The molecule has 1 aliphatic carbocycles. The molecule has 1 heterocycles. The molecule has 0 amide bonds. The third-order valence-electron chi connectivity index (χ3n) is 4.22. The van der Waals surface area contributed by atoms with Gasteiger partial charge in [0.2, 0.25) is 0 Å². The van der Waals surface area contributed by atoms with Crippen molar-refractivity contribution in [2.45, 2.75) is 51.3 Å². The predicted octanol–water partition coefficient (Wildman–Crippen LogP) is 2.87. The third-order valence-corrected chi connectivity index (χ3v) is 5.08. The van der Waals surface area contributed by atoms with Gasteiger partial charge in [-0.15, -0.1) is 0 Å². The van der Waals surface area contributed by atoms with Crippen molar-refractivity contribution < 1.29 is 9.53 Å². The Kier molecular flexibility index (Phi) is 6.06. The number of aromatic nitrogens is 2. The van der Waals surface area contributed by atoms with E-state index in [2.05, 4.69) is 30.7 Å². The highest BCUT2D eigenvalue weighted by Crippen LogP contribution is 2.35. The van der Waals surface area contributed by atoms with Crippen LogP contribution >= 0.6 is 11.8 Å². The van der Waals surface area contributed by atoms with E-state index >= 15 is 0 Å². The highest BCUT2D eigenvalue weighted by atomic mass is 32.2. The summed E-state index contributed by atoms with van der Waals surface area (Å²) in [6.45, 7) is 6.59. The van der Waals surface area contributed by atoms with Gasteiger partial charge < -0.3 is 9.72 Å². The van der Waals surface area contributed by atoms with Gasteiger partial charge in [-0.3, -0.25) is 9.59 Å². The minimum Gasteiger partial charge on any atom is -0.461 e. The first-order chi connectivity index (χ1) is 10.5. The molecule has 3 atom stereocenters. The van der Waals surface area contributed by atoms with Crippen LogP contribution in [-0.2, 0) is 9.53 Å². The molecule has 122 valence electrons. The van der Waals surface area contributed by atoms with Crippen LogP contribution < -0.4 is 5.56 Å². The number of aromatic amines is 1. The molecule has 0 bridgehead atoms. The molecule has 1 fully saturated rings. The molecule has 0 spiro atoms. The van der Waals surface area contributed by atoms with Crippen molar-refractivity contribution in [1.82, 2.24) is 9.97 Å². The fourth-order valence-electron chi connectivity index (χ4n) is 3.01. The van der Waals surface area contributed by atoms with E-state index in [0.717, 1.165) is 12.8 Å². The molecule has 1 N–H and O–H groups in total. The van der Waals surface area contributed by atoms with Gasteiger partial charge in [0.25, 0.3) is 5.56 Å². The number of hydrogen-bond donors (Lipinski definition) is 1. The molecule has 1 aromatic heterocycles. The lowest BCUT2D eigenvalue weighted by Gasteiger charge is -2.36. The Hall–Kier alpha value is -1.30. The number of nitrogens with zero attached hydrogens (tertiary/aromatic N) is 1. The fraction of sp³-hybridized carbons (Fsp3) is 0.688. The van der Waals surface area contributed by atoms with Crippen molar-refractivity contribution in [2.24, 2.45) is 17.8 Å². The Balaban J connectivity index is 1.88. The van der Waals surface area contributed by atoms with E-state index in [0.29, 0.717) is 22.9 Å². The molecule has 0 aromatic carbocycles. The van der Waals surface area contributed by atoms with Crippen LogP contribution in [0.4, 0.5) is 0 Å². The number of nitrogens with one attached hydrogen (secondary N) is 1. The highest BCUT2D eigenvalue weighted by molar-refractivity contribution is 7.99. The van der Waals surface area contributed by atoms with Crippen molar-refractivity contribution in [3.05, 3.63) is 22.6 Å². The predicted molar refractivity (Wildman–Crippen MR) is 86.8 cm³/mol. The molecule has 0 unspecified atom stereocenters. The molecule has 22 heavy (non-hydrogen) atoms. The number of rotatable bonds is 5. The monoisotopic (exact) mass is 324 g/mol. The molecule has 1 aliphatic rings. The summed E-state index contributed by atoms with van der Waals surface area (Å²) >= 11 is 1.20. The zero-order valence-electron chi connectivity index (χ0n) is 13.4. The standard InChI is InChI=1S/C16H24N2O3S/c1-10(2)12-5-4-11(3)8-13(12)21-15(20)9-22-16-17-7-6-14(19)18-16/h6-7,10-13H,4-5,8-9H2,1-3H3,(H,17,18,19)/t11-,12+,13-/m1/s1. The minimum atomic E-state index is -0.235. The average molecular weight is 324 g/mol. The van der Waals surface area contributed by atoms with Gasteiger partial charge in [-0.25, -0.2) is 4.98 Å². The van der Waals surface area contributed by atoms with Gasteiger partial charge in [0.1, 0.15) is 6.10 Å². The quantitative estimate of drug-likeness (QED) is 0.512. The van der Waals surface area contributed by atoms with Crippen LogP contribution in [0.15, 0.2) is 22.2 Å². The van der Waals surface area contributed by atoms with E-state index in [1.54, 1.807) is 0 Å². The summed E-state index contributed by atoms with van der Waals surface area (Å²) in [6.07, 6.45) is 4.72. The lowest BCUT2D eigenvalue weighted by Crippen LogP contribution is -2.36. The summed E-state index contributed by atoms with van der Waals surface area (Å²) < 4.78 is 5.71. The van der Waals surface area contributed by atoms with Crippen LogP contribution in [0.3, 0.4) is 0 Å². The number of ether oxygens (including phenoxy) is 1. The summed E-state index contributed by atoms with van der Waals surface area (Å²) in [5.41, 5.74) is -0.216. The molecule has 1 aromatic rings. The van der Waals surface area contributed by atoms with Crippen molar-refractivity contribution in [2.75, 3.05) is 5.75 Å². The van der Waals surface area contributed by atoms with E-state index in [1.165, 1.54) is 30.4 Å². The van der Waals surface area contributed by atoms with Crippen LogP contribution in [0.1, 0.15) is 40.0 Å². The number of hydrogen-bond acceptors (Lipinski definition) is 5. The summed E-state index contributed by atoms with van der Waals surface area (Å²) in [5.74, 6) is 1.50. The van der Waals surface area contributed by atoms with E-state index < -0.39 is 0 Å². The second kappa shape index (κ2) is 7.81. The second-order valence-corrected chi connectivity index (χ2v) is 7.35. The van der Waals surface area contributed by atoms with E-state index in [-0.39, 0.29) is 23.4 Å². The first-order valence-corrected chi connectivity index (χ1v) is 8.82. The Bertz CT molecular complexity index is 558. The van der Waals surface area contributed by atoms with Gasteiger partial charge >= 0.3 is 5.97 Å². The van der Waals surface area contributed by atoms with Crippen LogP contribution in [0.2, 0.25) is 0 Å². The van der Waals surface area contributed by atoms with Gasteiger partial charge in [-0.05, 0) is 30.6 Å². The smallest absolute Gasteiger partial charge is 0.316 e. The maximum atomic E-state index is 12.1. The molecule has 0 aliphatic heterocycles. The third kappa shape index (κ3) is 4.87. The van der Waals surface area contributed by atoms with E-state index in [9.17, 15) is 9.59 Å². The first-order valence-electron chi connectivity index (χ1n) is 7.83. The van der Waals surface area contributed by atoms with E-state index in [1.807, 2.05) is 0 Å². The highest BCUT2D eigenvalue weighted by Gasteiger charge is 2.33. The van der Waals surface area contributed by atoms with Crippen molar-refractivity contribution >= 4 is 17.7 Å². The Morgan fingerprint density at radius 3 is 2.95 bits per heavy atom. The number of H-pyrrole nitrogens is 1. The Morgan fingerprint density at radius 1 is 1.50 bits per heavy atom. The largest absolute Gasteiger partial charge is 0.461 e. The van der Waals surface area contributed by atoms with Crippen LogP contribution in [0, 0.1) is 17.8 Å². The normalized spacial score (nSPS) is 25.2. The number of carbonyl (C=O) groups excluding carboxylic acids is 1. The van der Waals surface area contributed by atoms with Gasteiger partial charge in [0.05, 0.1) is 5.75 Å². The number of thioether (sulfide) groups is 1. The molecule has 0 radical (unpaired) electrons. The van der Waals surface area contributed by atoms with Gasteiger partial charge in [-0.1, -0.05) is 39.0 Å². The average Bonchev–Trinajstić information content (AvgIpc) is 2.45. The Labute approximate surface area is 135 Å². The van der Waals surface area contributed by atoms with E-state index in [4.69, 9.17) is 4.74 Å². The van der Waals surface area contributed by atoms with Gasteiger partial charge in [0, 0.05) is 12.3 Å². The zero-order chi connectivity index (χ0) is 16.1. The maximum absolute atomic E-state index is 12.1. The van der Waals surface area contributed by atoms with Crippen LogP contribution in [0.25, 0.3) is 0 Å². The first kappa shape index (κ1) is 17.1. The van der Waals surface area contributed by atoms with Gasteiger partial charge in [0.15, 0.2) is 5.16 Å². The molecular formula is C16H24N2O3S. The minimum absolute atomic E-state index is 0.0135. The molecule has 6 heteroatoms. The Morgan fingerprint density at radius 2 is 2.27 bits per heavy atom. The summed E-state index contributed by atoms with van der Waals surface area (Å²) in [6, 6.07) is 1.35. The van der Waals surface area contributed by atoms with Crippen LogP contribution in [0.5, 0.6) is 0 Å². The SMILES string of the molecule is CC(C)[C@@H]1CC[C@@H](C)C[C@H]1OC(=O)CSc1nccc(=O)[nH]1. The topological polar surface area (TPSA) is 72.0 Å². The molecule has 0 saturated heterocycles. The van der Waals surface area contributed by atoms with Crippen molar-refractivity contribution in [3.63, 3.8) is 0 Å². The maximum Gasteiger partial charge on any atom is 0.316 e. The van der Waals surface area contributed by atoms with Crippen LogP contribution in [-0.4, -0.2) is 27.8 Å².